The molecule has 0 aromatic heterocycles. The molecule has 27 heavy (non-hydrogen) atoms. The Labute approximate surface area is 159 Å². The average Bonchev–Trinajstić information content (AvgIpc) is 2.68. The number of aliphatic carboxylic acids is 1. The van der Waals surface area contributed by atoms with E-state index in [-0.39, 0.29) is 11.6 Å². The van der Waals surface area contributed by atoms with Gasteiger partial charge in [0.15, 0.2) is 0 Å². The first kappa shape index (κ1) is 17.9. The van der Waals surface area contributed by atoms with Crippen molar-refractivity contribution in [3.8, 4) is 0 Å². The quantitative estimate of drug-likeness (QED) is 0.773. The fourth-order valence-corrected chi connectivity index (χ4v) is 4.48. The average molecular weight is 365 g/mol. The first-order valence-corrected chi connectivity index (χ1v) is 9.71. The van der Waals surface area contributed by atoms with Crippen LogP contribution in [-0.4, -0.2) is 23.0 Å². The number of fused-ring (bicyclic) bond motifs is 1. The molecule has 0 radical (unpaired) electrons. The van der Waals surface area contributed by atoms with Crippen molar-refractivity contribution >= 4 is 11.7 Å². The number of nitrogens with zero attached hydrogens (tertiary/aromatic N) is 1. The van der Waals surface area contributed by atoms with Gasteiger partial charge in [-0.1, -0.05) is 43.5 Å². The molecule has 2 aliphatic carbocycles. The molecule has 0 bridgehead atoms. The molecule has 4 heteroatoms. The summed E-state index contributed by atoms with van der Waals surface area (Å²) >= 11 is 0. The molecule has 1 aliphatic heterocycles. The van der Waals surface area contributed by atoms with E-state index in [1.807, 2.05) is 0 Å². The van der Waals surface area contributed by atoms with Crippen molar-refractivity contribution < 1.29 is 14.3 Å². The molecule has 3 aliphatic rings. The molecule has 0 spiro atoms. The lowest BCUT2D eigenvalue weighted by molar-refractivity contribution is -0.132. The van der Waals surface area contributed by atoms with Gasteiger partial charge in [-0.25, -0.2) is 9.18 Å². The van der Waals surface area contributed by atoms with E-state index in [1.165, 1.54) is 49.8 Å². The Hall–Kier alpha value is -2.49. The molecule has 0 amide bonds. The molecule has 1 fully saturated rings. The van der Waals surface area contributed by atoms with E-state index in [9.17, 15) is 14.3 Å². The molecule has 0 saturated heterocycles. The second-order valence-electron chi connectivity index (χ2n) is 7.67. The van der Waals surface area contributed by atoms with Gasteiger partial charge >= 0.3 is 5.97 Å². The summed E-state index contributed by atoms with van der Waals surface area (Å²) in [6, 6.07) is 8.13. The van der Waals surface area contributed by atoms with Gasteiger partial charge in [0.25, 0.3) is 0 Å². The van der Waals surface area contributed by atoms with Crippen LogP contribution in [-0.2, 0) is 4.79 Å². The van der Waals surface area contributed by atoms with Crippen LogP contribution in [0.25, 0.3) is 0 Å². The normalized spacial score (nSPS) is 25.7. The van der Waals surface area contributed by atoms with Gasteiger partial charge in [0, 0.05) is 5.57 Å². The fourth-order valence-electron chi connectivity index (χ4n) is 4.48. The van der Waals surface area contributed by atoms with Crippen molar-refractivity contribution in [3.05, 3.63) is 70.3 Å². The number of carboxylic acids is 1. The number of alkyl halides is 1. The SMILES string of the molecule is CC1=C(C(=O)O)C2=CC(F)C=CC2=NC1c1ccc(C2CCCCC2)cc1. The minimum atomic E-state index is -1.27. The number of aliphatic imine (C=N–C) groups is 1. The Bertz CT molecular complexity index is 870. The van der Waals surface area contributed by atoms with Crippen molar-refractivity contribution in [2.45, 2.75) is 57.2 Å². The van der Waals surface area contributed by atoms with E-state index in [0.29, 0.717) is 22.8 Å². The van der Waals surface area contributed by atoms with Gasteiger partial charge in [-0.05, 0) is 60.6 Å². The van der Waals surface area contributed by atoms with E-state index < -0.39 is 12.1 Å². The van der Waals surface area contributed by atoms with Crippen molar-refractivity contribution in [2.24, 2.45) is 4.99 Å². The van der Waals surface area contributed by atoms with Gasteiger partial charge in [-0.3, -0.25) is 4.99 Å². The summed E-state index contributed by atoms with van der Waals surface area (Å²) in [5.74, 6) is -0.397. The van der Waals surface area contributed by atoms with Gasteiger partial charge in [-0.15, -0.1) is 0 Å². The Morgan fingerprint density at radius 1 is 1.11 bits per heavy atom. The molecular formula is C23H24FNO2. The smallest absolute Gasteiger partial charge is 0.336 e. The number of hydrogen-bond acceptors (Lipinski definition) is 2. The Morgan fingerprint density at radius 3 is 2.44 bits per heavy atom. The number of dihydropyridines is 1. The van der Waals surface area contributed by atoms with E-state index >= 15 is 0 Å². The maximum Gasteiger partial charge on any atom is 0.336 e. The van der Waals surface area contributed by atoms with E-state index in [2.05, 4.69) is 24.3 Å². The topological polar surface area (TPSA) is 49.7 Å². The highest BCUT2D eigenvalue weighted by Crippen LogP contribution is 2.39. The third kappa shape index (κ3) is 3.41. The van der Waals surface area contributed by atoms with Gasteiger partial charge in [0.05, 0.1) is 17.3 Å². The first-order chi connectivity index (χ1) is 13.0. The molecule has 1 N–H and O–H groups in total. The van der Waals surface area contributed by atoms with Crippen molar-refractivity contribution in [3.63, 3.8) is 0 Å². The van der Waals surface area contributed by atoms with Crippen LogP contribution in [0.3, 0.4) is 0 Å². The van der Waals surface area contributed by atoms with E-state index in [4.69, 9.17) is 4.99 Å². The highest BCUT2D eigenvalue weighted by Gasteiger charge is 2.31. The number of halogens is 1. The van der Waals surface area contributed by atoms with Crippen LogP contribution in [0.4, 0.5) is 4.39 Å². The molecular weight excluding hydrogens is 341 g/mol. The molecule has 1 aromatic rings. The third-order valence-electron chi connectivity index (χ3n) is 5.92. The number of carboxylic acid groups (broad SMARTS) is 1. The van der Waals surface area contributed by atoms with E-state index in [0.717, 1.165) is 5.56 Å². The van der Waals surface area contributed by atoms with Crippen LogP contribution >= 0.6 is 0 Å². The van der Waals surface area contributed by atoms with Crippen LogP contribution in [0.15, 0.2) is 64.2 Å². The predicted molar refractivity (Wildman–Crippen MR) is 105 cm³/mol. The van der Waals surface area contributed by atoms with Crippen LogP contribution in [0.5, 0.6) is 0 Å². The van der Waals surface area contributed by atoms with Crippen molar-refractivity contribution in [2.75, 3.05) is 0 Å². The zero-order chi connectivity index (χ0) is 19.0. The summed E-state index contributed by atoms with van der Waals surface area (Å²) in [4.78, 5) is 16.6. The summed E-state index contributed by atoms with van der Waals surface area (Å²) in [6.07, 6.45) is 9.49. The molecule has 2 unspecified atom stereocenters. The minimum Gasteiger partial charge on any atom is -0.478 e. The number of carbonyl (C=O) groups is 1. The van der Waals surface area contributed by atoms with Crippen LogP contribution in [0, 0.1) is 0 Å². The number of allylic oxidation sites excluding steroid dienone is 3. The summed E-state index contributed by atoms with van der Waals surface area (Å²) in [5.41, 5.74) is 4.12. The number of hydrogen-bond donors (Lipinski definition) is 1. The Balaban J connectivity index is 1.68. The summed E-state index contributed by atoms with van der Waals surface area (Å²) in [5, 5.41) is 9.71. The lowest BCUT2D eigenvalue weighted by Gasteiger charge is -2.27. The summed E-state index contributed by atoms with van der Waals surface area (Å²) < 4.78 is 13.7. The number of rotatable bonds is 3. The monoisotopic (exact) mass is 365 g/mol. The van der Waals surface area contributed by atoms with E-state index in [1.54, 1.807) is 13.0 Å². The lowest BCUT2D eigenvalue weighted by Crippen LogP contribution is -2.23. The lowest BCUT2D eigenvalue weighted by atomic mass is 9.82. The highest BCUT2D eigenvalue weighted by atomic mass is 19.1. The van der Waals surface area contributed by atoms with Gasteiger partial charge < -0.3 is 5.11 Å². The first-order valence-electron chi connectivity index (χ1n) is 9.71. The number of benzene rings is 1. The summed E-state index contributed by atoms with van der Waals surface area (Å²) in [7, 11) is 0. The van der Waals surface area contributed by atoms with Crippen molar-refractivity contribution in [1.82, 2.24) is 0 Å². The van der Waals surface area contributed by atoms with Crippen LogP contribution in [0.2, 0.25) is 0 Å². The van der Waals surface area contributed by atoms with Crippen LogP contribution < -0.4 is 0 Å². The van der Waals surface area contributed by atoms with Crippen LogP contribution in [0.1, 0.15) is 62.1 Å². The third-order valence-corrected chi connectivity index (χ3v) is 5.92. The molecule has 3 nitrogen and oxygen atoms in total. The Morgan fingerprint density at radius 2 is 1.78 bits per heavy atom. The van der Waals surface area contributed by atoms with Gasteiger partial charge in [0.1, 0.15) is 6.17 Å². The molecule has 2 atom stereocenters. The standard InChI is InChI=1S/C23H24FNO2/c1-14-21(23(26)27)19-13-18(24)11-12-20(19)25-22(14)17-9-7-16(8-10-17)15-5-3-2-4-6-15/h7-13,15,18,22H,2-6H2,1H3,(H,26,27). The Kier molecular flexibility index (Phi) is 4.81. The van der Waals surface area contributed by atoms with Crippen molar-refractivity contribution in [1.29, 1.82) is 0 Å². The zero-order valence-electron chi connectivity index (χ0n) is 15.5. The zero-order valence-corrected chi connectivity index (χ0v) is 15.5. The fraction of sp³-hybridized carbons (Fsp3) is 0.391. The largest absolute Gasteiger partial charge is 0.478 e. The highest BCUT2D eigenvalue weighted by molar-refractivity contribution is 6.19. The predicted octanol–water partition coefficient (Wildman–Crippen LogP) is 5.47. The molecule has 1 aromatic carbocycles. The summed E-state index contributed by atoms with van der Waals surface area (Å²) in [6.45, 7) is 1.79. The molecule has 1 saturated carbocycles. The second-order valence-corrected chi connectivity index (χ2v) is 7.67. The molecule has 1 heterocycles. The van der Waals surface area contributed by atoms with Gasteiger partial charge in [0.2, 0.25) is 0 Å². The maximum absolute atomic E-state index is 13.7. The minimum absolute atomic E-state index is 0.174. The molecule has 4 rings (SSSR count). The van der Waals surface area contributed by atoms with Gasteiger partial charge in [-0.2, -0.15) is 0 Å². The molecule has 140 valence electrons. The maximum atomic E-state index is 13.7. The second kappa shape index (κ2) is 7.26.